The summed E-state index contributed by atoms with van der Waals surface area (Å²) in [7, 11) is 4.10. The number of aromatic nitrogens is 2. The fraction of sp³-hybridized carbons (Fsp3) is 0.625. The molecule has 1 aromatic heterocycles. The van der Waals surface area contributed by atoms with E-state index in [1.165, 1.54) is 25.7 Å². The Morgan fingerprint density at radius 1 is 1.24 bits per heavy atom. The Morgan fingerprint density at radius 3 is 2.52 bits per heavy atom. The number of rotatable bonds is 4. The van der Waals surface area contributed by atoms with Gasteiger partial charge in [0.15, 0.2) is 0 Å². The van der Waals surface area contributed by atoms with E-state index in [4.69, 9.17) is 11.6 Å². The Morgan fingerprint density at radius 2 is 1.90 bits per heavy atom. The van der Waals surface area contributed by atoms with Crippen LogP contribution in [0.4, 0.5) is 5.95 Å². The molecule has 1 saturated carbocycles. The van der Waals surface area contributed by atoms with Gasteiger partial charge in [-0.05, 0) is 45.7 Å². The van der Waals surface area contributed by atoms with E-state index in [0.717, 1.165) is 13.1 Å². The molecule has 0 unspecified atom stereocenters. The van der Waals surface area contributed by atoms with Crippen LogP contribution in [0.5, 0.6) is 0 Å². The molecule has 1 aliphatic rings. The van der Waals surface area contributed by atoms with Gasteiger partial charge in [-0.15, -0.1) is 0 Å². The number of anilines is 1. The number of hydrogen-bond acceptors (Lipinski definition) is 4. The number of hydrogen-bond donors (Lipinski definition) is 1. The van der Waals surface area contributed by atoms with Gasteiger partial charge in [-0.25, -0.2) is 9.97 Å². The molecule has 1 aliphatic carbocycles. The van der Waals surface area contributed by atoms with Crippen molar-refractivity contribution in [2.24, 2.45) is 11.8 Å². The van der Waals surface area contributed by atoms with Crippen LogP contribution in [-0.4, -0.2) is 42.1 Å². The molecule has 0 atom stereocenters. The van der Waals surface area contributed by atoms with Gasteiger partial charge < -0.3 is 5.32 Å². The zero-order valence-corrected chi connectivity index (χ0v) is 13.5. The summed E-state index contributed by atoms with van der Waals surface area (Å²) in [6.07, 6.45) is 8.09. The van der Waals surface area contributed by atoms with Crippen LogP contribution in [0.25, 0.3) is 0 Å². The summed E-state index contributed by atoms with van der Waals surface area (Å²) in [5, 5.41) is 3.86. The van der Waals surface area contributed by atoms with Gasteiger partial charge in [-0.3, -0.25) is 4.90 Å². The smallest absolute Gasteiger partial charge is 0.222 e. The Balaban J connectivity index is 1.69. The van der Waals surface area contributed by atoms with Crippen molar-refractivity contribution in [1.82, 2.24) is 14.9 Å². The van der Waals surface area contributed by atoms with Crippen molar-refractivity contribution in [2.45, 2.75) is 25.7 Å². The molecule has 2 rings (SSSR count). The molecule has 0 spiro atoms. The predicted molar refractivity (Wildman–Crippen MR) is 87.3 cm³/mol. The van der Waals surface area contributed by atoms with E-state index in [2.05, 4.69) is 46.1 Å². The maximum atomic E-state index is 5.77. The second-order valence-electron chi connectivity index (χ2n) is 5.88. The van der Waals surface area contributed by atoms with Crippen LogP contribution in [0.3, 0.4) is 0 Å². The molecule has 1 fully saturated rings. The summed E-state index contributed by atoms with van der Waals surface area (Å²) in [5.74, 6) is 8.59. The van der Waals surface area contributed by atoms with Crippen LogP contribution < -0.4 is 5.32 Å². The quantitative estimate of drug-likeness (QED) is 0.869. The van der Waals surface area contributed by atoms with Gasteiger partial charge in [0.25, 0.3) is 0 Å². The van der Waals surface area contributed by atoms with Crippen molar-refractivity contribution in [3.8, 4) is 11.8 Å². The fourth-order valence-corrected chi connectivity index (χ4v) is 2.60. The van der Waals surface area contributed by atoms with Crippen molar-refractivity contribution in [3.63, 3.8) is 0 Å². The van der Waals surface area contributed by atoms with Crippen LogP contribution in [0.2, 0.25) is 5.02 Å². The molecule has 0 bridgehead atoms. The summed E-state index contributed by atoms with van der Waals surface area (Å²) in [4.78, 5) is 10.4. The second kappa shape index (κ2) is 8.21. The minimum atomic E-state index is 0.567. The Hall–Kier alpha value is -1.31. The zero-order chi connectivity index (χ0) is 15.1. The highest BCUT2D eigenvalue weighted by atomic mass is 35.5. The monoisotopic (exact) mass is 306 g/mol. The van der Waals surface area contributed by atoms with E-state index in [1.807, 2.05) is 0 Å². The first kappa shape index (κ1) is 16.1. The van der Waals surface area contributed by atoms with Gasteiger partial charge in [0.2, 0.25) is 5.95 Å². The molecule has 0 aromatic carbocycles. The van der Waals surface area contributed by atoms with E-state index in [9.17, 15) is 0 Å². The first-order valence-corrected chi connectivity index (χ1v) is 7.86. The molecule has 21 heavy (non-hydrogen) atoms. The number of halogens is 1. The van der Waals surface area contributed by atoms with Crippen molar-refractivity contribution in [1.29, 1.82) is 0 Å². The van der Waals surface area contributed by atoms with Crippen molar-refractivity contribution in [3.05, 3.63) is 17.4 Å². The minimum Gasteiger partial charge on any atom is -0.354 e. The van der Waals surface area contributed by atoms with Crippen LogP contribution in [0, 0.1) is 23.7 Å². The Bertz CT molecular complexity index is 481. The molecular formula is C16H23ClN4. The van der Waals surface area contributed by atoms with Gasteiger partial charge >= 0.3 is 0 Å². The second-order valence-corrected chi connectivity index (χ2v) is 6.32. The van der Waals surface area contributed by atoms with Crippen LogP contribution >= 0.6 is 11.6 Å². The minimum absolute atomic E-state index is 0.567. The van der Waals surface area contributed by atoms with Gasteiger partial charge in [-0.2, -0.15) is 0 Å². The average Bonchev–Trinajstić information content (AvgIpc) is 2.48. The zero-order valence-electron chi connectivity index (χ0n) is 12.8. The highest BCUT2D eigenvalue weighted by Gasteiger charge is 2.19. The first-order chi connectivity index (χ1) is 10.1. The van der Waals surface area contributed by atoms with Crippen molar-refractivity contribution in [2.75, 3.05) is 32.5 Å². The van der Waals surface area contributed by atoms with Gasteiger partial charge in [0, 0.05) is 12.5 Å². The molecule has 1 N–H and O–H groups in total. The first-order valence-electron chi connectivity index (χ1n) is 7.48. The van der Waals surface area contributed by atoms with E-state index < -0.39 is 0 Å². The third kappa shape index (κ3) is 5.91. The molecule has 5 heteroatoms. The molecule has 1 heterocycles. The normalized spacial score (nSPS) is 21.7. The summed E-state index contributed by atoms with van der Waals surface area (Å²) in [6.45, 7) is 1.79. The molecule has 114 valence electrons. The summed E-state index contributed by atoms with van der Waals surface area (Å²) in [6, 6.07) is 0. The third-order valence-corrected chi connectivity index (χ3v) is 3.91. The topological polar surface area (TPSA) is 41.0 Å². The maximum Gasteiger partial charge on any atom is 0.222 e. The van der Waals surface area contributed by atoms with Crippen LogP contribution in [0.15, 0.2) is 12.4 Å². The third-order valence-electron chi connectivity index (χ3n) is 3.72. The fourth-order valence-electron chi connectivity index (χ4n) is 2.50. The van der Waals surface area contributed by atoms with Crippen LogP contribution in [-0.2, 0) is 0 Å². The highest BCUT2D eigenvalue weighted by Crippen LogP contribution is 2.28. The molecule has 0 radical (unpaired) electrons. The molecular weight excluding hydrogens is 284 g/mol. The molecule has 0 amide bonds. The lowest BCUT2D eigenvalue weighted by Crippen LogP contribution is -2.21. The van der Waals surface area contributed by atoms with E-state index in [-0.39, 0.29) is 0 Å². The van der Waals surface area contributed by atoms with Gasteiger partial charge in [-0.1, -0.05) is 23.4 Å². The largest absolute Gasteiger partial charge is 0.354 e. The summed E-state index contributed by atoms with van der Waals surface area (Å²) < 4.78 is 0. The van der Waals surface area contributed by atoms with Crippen molar-refractivity contribution < 1.29 is 0 Å². The lowest BCUT2D eigenvalue weighted by Gasteiger charge is -2.25. The van der Waals surface area contributed by atoms with Crippen LogP contribution in [0.1, 0.15) is 25.7 Å². The average molecular weight is 307 g/mol. The highest BCUT2D eigenvalue weighted by molar-refractivity contribution is 6.30. The molecule has 0 aliphatic heterocycles. The van der Waals surface area contributed by atoms with E-state index in [0.29, 0.717) is 22.8 Å². The summed E-state index contributed by atoms with van der Waals surface area (Å²) in [5.41, 5.74) is 0. The molecule has 4 nitrogen and oxygen atoms in total. The SMILES string of the molecule is CN(C)CC#C[C@H]1CC[C@H](CNc2ncc(Cl)cn2)CC1. The molecule has 0 saturated heterocycles. The van der Waals surface area contributed by atoms with E-state index in [1.54, 1.807) is 12.4 Å². The Labute approximate surface area is 132 Å². The molecule has 1 aromatic rings. The lowest BCUT2D eigenvalue weighted by atomic mass is 9.82. The maximum absolute atomic E-state index is 5.77. The predicted octanol–water partition coefficient (Wildman–Crippen LogP) is 2.91. The summed E-state index contributed by atoms with van der Waals surface area (Å²) >= 11 is 5.77. The number of nitrogens with zero attached hydrogens (tertiary/aromatic N) is 3. The van der Waals surface area contributed by atoms with Gasteiger partial charge in [0.05, 0.1) is 24.0 Å². The Kier molecular flexibility index (Phi) is 6.28. The number of nitrogens with one attached hydrogen (secondary N) is 1. The standard InChI is InChI=1S/C16H23ClN4/c1-21(2)9-3-4-13-5-7-14(8-6-13)10-18-16-19-11-15(17)12-20-16/h11-14H,5-10H2,1-2H3,(H,18,19,20)/t13-,14-. The van der Waals surface area contributed by atoms with Crippen molar-refractivity contribution >= 4 is 17.5 Å². The van der Waals surface area contributed by atoms with E-state index >= 15 is 0 Å². The lowest BCUT2D eigenvalue weighted by molar-refractivity contribution is 0.328. The van der Waals surface area contributed by atoms with Gasteiger partial charge in [0.1, 0.15) is 0 Å².